The van der Waals surface area contributed by atoms with Crippen molar-refractivity contribution in [2.24, 2.45) is 0 Å². The van der Waals surface area contributed by atoms with Crippen LogP contribution in [0.25, 0.3) is 0 Å². The summed E-state index contributed by atoms with van der Waals surface area (Å²) in [4.78, 5) is -0.0148. The molecule has 0 saturated heterocycles. The molecule has 2 aromatic carbocycles. The van der Waals surface area contributed by atoms with Gasteiger partial charge < -0.3 is 10.8 Å². The number of benzene rings is 2. The summed E-state index contributed by atoms with van der Waals surface area (Å²) in [6, 6.07) is 10.3. The molecule has 4 N–H and O–H groups in total. The number of halogens is 1. The lowest BCUT2D eigenvalue weighted by molar-refractivity contribution is 0.475. The van der Waals surface area contributed by atoms with Crippen LogP contribution >= 0.6 is 15.9 Å². The molecule has 5 nitrogen and oxygen atoms in total. The van der Waals surface area contributed by atoms with E-state index in [0.717, 1.165) is 0 Å². The Hall–Kier alpha value is -1.73. The zero-order valence-corrected chi connectivity index (χ0v) is 12.1. The van der Waals surface area contributed by atoms with Gasteiger partial charge in [-0.25, -0.2) is 8.42 Å². The maximum Gasteiger partial charge on any atom is 0.263 e. The first kappa shape index (κ1) is 13.7. The molecule has 100 valence electrons. The molecule has 0 bridgehead atoms. The molecule has 0 spiro atoms. The van der Waals surface area contributed by atoms with Crippen LogP contribution in [0, 0.1) is 0 Å². The number of anilines is 2. The molecule has 0 fully saturated rings. The minimum absolute atomic E-state index is 0.0148. The minimum atomic E-state index is -3.78. The van der Waals surface area contributed by atoms with E-state index < -0.39 is 10.0 Å². The molecule has 0 saturated carbocycles. The van der Waals surface area contributed by atoms with Crippen molar-refractivity contribution < 1.29 is 13.5 Å². The summed E-state index contributed by atoms with van der Waals surface area (Å²) in [5.74, 6) is -0.0241. The Kier molecular flexibility index (Phi) is 3.68. The summed E-state index contributed by atoms with van der Waals surface area (Å²) in [7, 11) is -3.78. The number of nitrogens with two attached hydrogens (primary N) is 1. The molecule has 0 heterocycles. The molecule has 0 radical (unpaired) electrons. The fourth-order valence-electron chi connectivity index (χ4n) is 1.54. The highest BCUT2D eigenvalue weighted by Crippen LogP contribution is 2.25. The van der Waals surface area contributed by atoms with E-state index in [2.05, 4.69) is 20.7 Å². The molecule has 0 amide bonds. The fraction of sp³-hybridized carbons (Fsp3) is 0. The van der Waals surface area contributed by atoms with Crippen LogP contribution in [0.3, 0.4) is 0 Å². The van der Waals surface area contributed by atoms with Gasteiger partial charge in [-0.15, -0.1) is 0 Å². The molecule has 0 aliphatic carbocycles. The Morgan fingerprint density at radius 1 is 1.16 bits per heavy atom. The average Bonchev–Trinajstić information content (AvgIpc) is 2.27. The first-order chi connectivity index (χ1) is 8.88. The minimum Gasteiger partial charge on any atom is -0.508 e. The van der Waals surface area contributed by atoms with E-state index in [9.17, 15) is 13.5 Å². The van der Waals surface area contributed by atoms with Gasteiger partial charge in [0, 0.05) is 10.5 Å². The van der Waals surface area contributed by atoms with Crippen LogP contribution in [0.1, 0.15) is 0 Å². The topological polar surface area (TPSA) is 92.4 Å². The zero-order valence-electron chi connectivity index (χ0n) is 9.67. The van der Waals surface area contributed by atoms with Gasteiger partial charge in [-0.05, 0) is 30.3 Å². The van der Waals surface area contributed by atoms with Crippen LogP contribution < -0.4 is 10.5 Å². The lowest BCUT2D eigenvalue weighted by Gasteiger charge is -2.10. The number of phenolic OH excluding ortho intramolecular Hbond substituents is 1. The number of phenols is 1. The largest absolute Gasteiger partial charge is 0.508 e. The van der Waals surface area contributed by atoms with Gasteiger partial charge >= 0.3 is 0 Å². The normalized spacial score (nSPS) is 11.2. The zero-order chi connectivity index (χ0) is 14.0. The van der Waals surface area contributed by atoms with E-state index >= 15 is 0 Å². The standard InChI is InChI=1S/C12H11BrN2O3S/c13-8-4-5-12(11(14)6-8)19(17,18)15-9-2-1-3-10(16)7-9/h1-7,15-16H,14H2. The van der Waals surface area contributed by atoms with Crippen LogP contribution in [-0.4, -0.2) is 13.5 Å². The molecule has 0 aliphatic rings. The van der Waals surface area contributed by atoms with Gasteiger partial charge in [-0.2, -0.15) is 0 Å². The van der Waals surface area contributed by atoms with Gasteiger partial charge in [0.15, 0.2) is 0 Å². The van der Waals surface area contributed by atoms with Crippen molar-refractivity contribution in [2.75, 3.05) is 10.5 Å². The second-order valence-electron chi connectivity index (χ2n) is 3.84. The van der Waals surface area contributed by atoms with Crippen molar-refractivity contribution >= 4 is 37.3 Å². The van der Waals surface area contributed by atoms with Gasteiger partial charge in [0.2, 0.25) is 0 Å². The molecule has 2 aromatic rings. The van der Waals surface area contributed by atoms with E-state index in [0.29, 0.717) is 4.47 Å². The van der Waals surface area contributed by atoms with E-state index in [1.807, 2.05) is 0 Å². The van der Waals surface area contributed by atoms with Crippen LogP contribution in [0.5, 0.6) is 5.75 Å². The maximum absolute atomic E-state index is 12.2. The summed E-state index contributed by atoms with van der Waals surface area (Å²) < 4.78 is 27.4. The van der Waals surface area contributed by atoms with Gasteiger partial charge in [0.25, 0.3) is 10.0 Å². The Balaban J connectivity index is 2.38. The highest BCUT2D eigenvalue weighted by molar-refractivity contribution is 9.10. The quantitative estimate of drug-likeness (QED) is 0.747. The van der Waals surface area contributed by atoms with Crippen LogP contribution in [0.2, 0.25) is 0 Å². The van der Waals surface area contributed by atoms with Crippen LogP contribution in [0.15, 0.2) is 51.8 Å². The highest BCUT2D eigenvalue weighted by Gasteiger charge is 2.17. The fourth-order valence-corrected chi connectivity index (χ4v) is 3.09. The van der Waals surface area contributed by atoms with Gasteiger partial charge in [0.1, 0.15) is 10.6 Å². The number of hydrogen-bond acceptors (Lipinski definition) is 4. The van der Waals surface area contributed by atoms with Gasteiger partial charge in [-0.1, -0.05) is 22.0 Å². The van der Waals surface area contributed by atoms with E-state index in [1.165, 1.54) is 36.4 Å². The lowest BCUT2D eigenvalue weighted by Crippen LogP contribution is -2.14. The molecule has 7 heteroatoms. The Labute approximate surface area is 119 Å². The van der Waals surface area contributed by atoms with Crippen molar-refractivity contribution in [3.63, 3.8) is 0 Å². The number of rotatable bonds is 3. The summed E-state index contributed by atoms with van der Waals surface area (Å²) in [6.45, 7) is 0. The van der Waals surface area contributed by atoms with E-state index in [1.54, 1.807) is 6.07 Å². The summed E-state index contributed by atoms with van der Waals surface area (Å²) >= 11 is 3.21. The number of nitrogen functional groups attached to an aromatic ring is 1. The summed E-state index contributed by atoms with van der Waals surface area (Å²) in [6.07, 6.45) is 0. The van der Waals surface area contributed by atoms with Crippen molar-refractivity contribution in [1.82, 2.24) is 0 Å². The van der Waals surface area contributed by atoms with Crippen molar-refractivity contribution in [2.45, 2.75) is 4.90 Å². The SMILES string of the molecule is Nc1cc(Br)ccc1S(=O)(=O)Nc1cccc(O)c1. The number of nitrogens with one attached hydrogen (secondary N) is 1. The Morgan fingerprint density at radius 2 is 1.89 bits per heavy atom. The molecule has 0 aromatic heterocycles. The molecule has 0 unspecified atom stereocenters. The molecule has 19 heavy (non-hydrogen) atoms. The van der Waals surface area contributed by atoms with Gasteiger partial charge in [0.05, 0.1) is 11.4 Å². The molecular formula is C12H11BrN2O3S. The number of sulfonamides is 1. The third kappa shape index (κ3) is 3.18. The van der Waals surface area contributed by atoms with Crippen LogP contribution in [0.4, 0.5) is 11.4 Å². The smallest absolute Gasteiger partial charge is 0.263 e. The van der Waals surface area contributed by atoms with Crippen molar-refractivity contribution in [1.29, 1.82) is 0 Å². The van der Waals surface area contributed by atoms with Crippen molar-refractivity contribution in [3.05, 3.63) is 46.9 Å². The predicted molar refractivity (Wildman–Crippen MR) is 77.5 cm³/mol. The molecule has 2 rings (SSSR count). The monoisotopic (exact) mass is 342 g/mol. The highest BCUT2D eigenvalue weighted by atomic mass is 79.9. The average molecular weight is 343 g/mol. The Bertz CT molecular complexity index is 717. The molecule has 0 atom stereocenters. The summed E-state index contributed by atoms with van der Waals surface area (Å²) in [5.41, 5.74) is 6.10. The third-order valence-electron chi connectivity index (χ3n) is 2.36. The Morgan fingerprint density at radius 3 is 2.53 bits per heavy atom. The maximum atomic E-state index is 12.2. The number of hydrogen-bond donors (Lipinski definition) is 3. The number of aromatic hydroxyl groups is 1. The van der Waals surface area contributed by atoms with Gasteiger partial charge in [-0.3, -0.25) is 4.72 Å². The first-order valence-electron chi connectivity index (χ1n) is 5.25. The van der Waals surface area contributed by atoms with E-state index in [-0.39, 0.29) is 22.0 Å². The van der Waals surface area contributed by atoms with E-state index in [4.69, 9.17) is 5.73 Å². The van der Waals surface area contributed by atoms with Crippen LogP contribution in [-0.2, 0) is 10.0 Å². The second-order valence-corrected chi connectivity index (χ2v) is 6.40. The molecular weight excluding hydrogens is 332 g/mol. The third-order valence-corrected chi connectivity index (χ3v) is 4.31. The molecule has 0 aliphatic heterocycles. The summed E-state index contributed by atoms with van der Waals surface area (Å²) in [5, 5.41) is 9.31. The second kappa shape index (κ2) is 5.10. The lowest BCUT2D eigenvalue weighted by atomic mass is 10.3. The van der Waals surface area contributed by atoms with Crippen molar-refractivity contribution in [3.8, 4) is 5.75 Å². The first-order valence-corrected chi connectivity index (χ1v) is 7.53. The predicted octanol–water partition coefficient (Wildman–Crippen LogP) is 2.54.